The van der Waals surface area contributed by atoms with E-state index < -0.39 is 37.3 Å². The molecule has 13 heavy (non-hydrogen) atoms. The van der Waals surface area contributed by atoms with Gasteiger partial charge in [0.25, 0.3) is 0 Å². The second-order valence-electron chi connectivity index (χ2n) is 2.70. The summed E-state index contributed by atoms with van der Waals surface area (Å²) in [6.45, 7) is -0.566. The molecule has 6 nitrogen and oxygen atoms in total. The average molecular weight is 202 g/mol. The molecule has 4 N–H and O–H groups in total. The predicted molar refractivity (Wildman–Crippen MR) is 33.8 cm³/mol. The molecule has 0 aromatic heterocycles. The van der Waals surface area contributed by atoms with Crippen molar-refractivity contribution < 1.29 is 59.8 Å². The van der Waals surface area contributed by atoms with Crippen molar-refractivity contribution in [2.45, 2.75) is 30.7 Å². The van der Waals surface area contributed by atoms with Crippen LogP contribution in [-0.4, -0.2) is 57.7 Å². The van der Waals surface area contributed by atoms with Crippen LogP contribution in [0.5, 0.6) is 0 Å². The minimum Gasteiger partial charge on any atom is -0.829 e. The molecule has 1 fully saturated rings. The zero-order valence-corrected chi connectivity index (χ0v) is 9.20. The Balaban J connectivity index is 0.00000144. The first-order valence-corrected chi connectivity index (χ1v) is 3.54. The van der Waals surface area contributed by atoms with Crippen molar-refractivity contribution in [2.75, 3.05) is 6.61 Å². The molecular formula is C6H11NaO6. The normalized spacial score (nSPS) is 45.5. The molecule has 0 spiro atoms. The number of aliphatic hydroxyl groups excluding tert-OH is 4. The van der Waals surface area contributed by atoms with E-state index in [1.165, 1.54) is 0 Å². The topological polar surface area (TPSA) is 113 Å². The number of ether oxygens (including phenoxy) is 1. The van der Waals surface area contributed by atoms with E-state index in [1.807, 2.05) is 0 Å². The van der Waals surface area contributed by atoms with E-state index in [-0.39, 0.29) is 29.6 Å². The number of hydrogen-bond acceptors (Lipinski definition) is 6. The Kier molecular flexibility index (Phi) is 5.92. The molecule has 1 heterocycles. The smallest absolute Gasteiger partial charge is 0.829 e. The van der Waals surface area contributed by atoms with Gasteiger partial charge in [-0.05, 0) is 0 Å². The van der Waals surface area contributed by atoms with Crippen LogP contribution in [0.3, 0.4) is 0 Å². The summed E-state index contributed by atoms with van der Waals surface area (Å²) in [7, 11) is 0. The molecule has 0 bridgehead atoms. The van der Waals surface area contributed by atoms with Gasteiger partial charge in [0.15, 0.2) is 0 Å². The quantitative estimate of drug-likeness (QED) is 0.314. The molecular weight excluding hydrogens is 191 g/mol. The molecule has 5 atom stereocenters. The molecule has 0 aromatic carbocycles. The first kappa shape index (κ1) is 13.8. The van der Waals surface area contributed by atoms with Gasteiger partial charge in [-0.2, -0.15) is 0 Å². The second kappa shape index (κ2) is 5.59. The van der Waals surface area contributed by atoms with E-state index in [9.17, 15) is 5.11 Å². The van der Waals surface area contributed by atoms with Gasteiger partial charge >= 0.3 is 29.6 Å². The monoisotopic (exact) mass is 202 g/mol. The molecule has 0 amide bonds. The Labute approximate surface area is 97.1 Å². The van der Waals surface area contributed by atoms with Crippen molar-refractivity contribution in [3.8, 4) is 0 Å². The molecule has 0 aliphatic carbocycles. The van der Waals surface area contributed by atoms with Crippen LogP contribution < -0.4 is 34.7 Å². The third-order valence-corrected chi connectivity index (χ3v) is 1.85. The van der Waals surface area contributed by atoms with Crippen LogP contribution in [0, 0.1) is 0 Å². The first-order chi connectivity index (χ1) is 5.57. The molecule has 0 saturated carbocycles. The van der Waals surface area contributed by atoms with Gasteiger partial charge < -0.3 is 30.3 Å². The van der Waals surface area contributed by atoms with Crippen LogP contribution in [0.15, 0.2) is 0 Å². The standard InChI is InChI=1S/C6H11O6.Na/c7-1-2-3(8)4(9)5(10)6(11)12-2;/h2-10H,1H2;/q-1;+1/t2-,3-,4+,5-,6+;/m1./s1. The maximum Gasteiger partial charge on any atom is 1.00 e. The van der Waals surface area contributed by atoms with Crippen LogP contribution >= 0.6 is 0 Å². The summed E-state index contributed by atoms with van der Waals surface area (Å²) >= 11 is 0. The SMILES string of the molecule is [Na+].[O-][C@H]1O[C@H](CO)[C@@H](O)[C@H](O)[C@H]1O. The molecule has 0 unspecified atom stereocenters. The molecule has 1 aliphatic rings. The van der Waals surface area contributed by atoms with E-state index in [0.29, 0.717) is 0 Å². The molecule has 0 aromatic rings. The summed E-state index contributed by atoms with van der Waals surface area (Å²) in [5, 5.41) is 46.3. The Morgan fingerprint density at radius 1 is 1.08 bits per heavy atom. The van der Waals surface area contributed by atoms with Crippen LogP contribution in [0.1, 0.15) is 0 Å². The molecule has 7 heteroatoms. The number of aliphatic hydroxyl groups is 4. The predicted octanol–water partition coefficient (Wildman–Crippen LogP) is -6.85. The summed E-state index contributed by atoms with van der Waals surface area (Å²) in [6, 6.07) is 0. The van der Waals surface area contributed by atoms with Gasteiger partial charge in [0.1, 0.15) is 18.3 Å². The zero-order valence-electron chi connectivity index (χ0n) is 7.20. The largest absolute Gasteiger partial charge is 1.00 e. The summed E-state index contributed by atoms with van der Waals surface area (Å²) in [4.78, 5) is 0. The molecule has 0 radical (unpaired) electrons. The minimum atomic E-state index is -1.82. The van der Waals surface area contributed by atoms with Crippen molar-refractivity contribution in [3.05, 3.63) is 0 Å². The third-order valence-electron chi connectivity index (χ3n) is 1.85. The molecule has 72 valence electrons. The Morgan fingerprint density at radius 2 is 1.62 bits per heavy atom. The number of rotatable bonds is 1. The average Bonchev–Trinajstić information content (AvgIpc) is 2.08. The van der Waals surface area contributed by atoms with E-state index >= 15 is 0 Å². The molecule has 1 rings (SSSR count). The van der Waals surface area contributed by atoms with Gasteiger partial charge in [-0.3, -0.25) is 0 Å². The van der Waals surface area contributed by atoms with Crippen molar-refractivity contribution >= 4 is 0 Å². The van der Waals surface area contributed by atoms with Crippen molar-refractivity contribution in [1.82, 2.24) is 0 Å². The van der Waals surface area contributed by atoms with Gasteiger partial charge in [-0.15, -0.1) is 0 Å². The van der Waals surface area contributed by atoms with Crippen LogP contribution in [0.4, 0.5) is 0 Å². The third kappa shape index (κ3) is 2.85. The van der Waals surface area contributed by atoms with Gasteiger partial charge in [0.05, 0.1) is 12.7 Å². The van der Waals surface area contributed by atoms with Gasteiger partial charge in [-0.1, -0.05) is 0 Å². The van der Waals surface area contributed by atoms with Crippen molar-refractivity contribution in [3.63, 3.8) is 0 Å². The first-order valence-electron chi connectivity index (χ1n) is 3.54. The van der Waals surface area contributed by atoms with Crippen LogP contribution in [0.25, 0.3) is 0 Å². The van der Waals surface area contributed by atoms with E-state index in [1.54, 1.807) is 0 Å². The Hall–Kier alpha value is 0.760. The Morgan fingerprint density at radius 3 is 2.08 bits per heavy atom. The maximum atomic E-state index is 10.7. The molecule has 1 aliphatic heterocycles. The number of hydrogen-bond donors (Lipinski definition) is 4. The summed E-state index contributed by atoms with van der Waals surface area (Å²) in [5.74, 6) is 0. The summed E-state index contributed by atoms with van der Waals surface area (Å²) < 4.78 is 4.46. The summed E-state index contributed by atoms with van der Waals surface area (Å²) in [6.07, 6.45) is -7.57. The van der Waals surface area contributed by atoms with E-state index in [4.69, 9.17) is 20.4 Å². The fourth-order valence-corrected chi connectivity index (χ4v) is 1.07. The second-order valence-corrected chi connectivity index (χ2v) is 2.70. The van der Waals surface area contributed by atoms with Gasteiger partial charge in [-0.25, -0.2) is 0 Å². The summed E-state index contributed by atoms with van der Waals surface area (Å²) in [5.41, 5.74) is 0. The molecule has 1 saturated heterocycles. The van der Waals surface area contributed by atoms with Crippen molar-refractivity contribution in [1.29, 1.82) is 0 Å². The minimum absolute atomic E-state index is 0. The fraction of sp³-hybridized carbons (Fsp3) is 1.00. The van der Waals surface area contributed by atoms with E-state index in [2.05, 4.69) is 4.74 Å². The fourth-order valence-electron chi connectivity index (χ4n) is 1.07. The van der Waals surface area contributed by atoms with Crippen LogP contribution in [0.2, 0.25) is 0 Å². The zero-order chi connectivity index (χ0) is 9.30. The van der Waals surface area contributed by atoms with Crippen molar-refractivity contribution in [2.24, 2.45) is 0 Å². The van der Waals surface area contributed by atoms with Crippen LogP contribution in [-0.2, 0) is 4.74 Å². The van der Waals surface area contributed by atoms with E-state index in [0.717, 1.165) is 0 Å². The maximum absolute atomic E-state index is 10.7. The Bertz CT molecular complexity index is 151. The van der Waals surface area contributed by atoms with Gasteiger partial charge in [0.2, 0.25) is 0 Å². The van der Waals surface area contributed by atoms with Gasteiger partial charge in [0, 0.05) is 6.29 Å².